The van der Waals surface area contributed by atoms with Crippen LogP contribution < -0.4 is 5.32 Å². The maximum absolute atomic E-state index is 12.0. The molecule has 1 amide bonds. The zero-order valence-corrected chi connectivity index (χ0v) is 11.2. The van der Waals surface area contributed by atoms with Crippen LogP contribution >= 0.6 is 11.8 Å². The number of aliphatic hydroxyl groups is 1. The number of rotatable bonds is 7. The van der Waals surface area contributed by atoms with Crippen LogP contribution in [-0.4, -0.2) is 40.0 Å². The van der Waals surface area contributed by atoms with Crippen LogP contribution in [-0.2, 0) is 10.5 Å². The number of nitrogens with one attached hydrogen (secondary N) is 1. The van der Waals surface area contributed by atoms with Crippen molar-refractivity contribution in [3.05, 3.63) is 23.7 Å². The van der Waals surface area contributed by atoms with Gasteiger partial charge in [0.15, 0.2) is 11.8 Å². The Morgan fingerprint density at radius 3 is 2.60 bits per heavy atom. The van der Waals surface area contributed by atoms with E-state index in [4.69, 9.17) is 9.52 Å². The first-order valence-corrected chi connectivity index (χ1v) is 6.56. The first kappa shape index (κ1) is 16.4. The molecule has 20 heavy (non-hydrogen) atoms. The Bertz CT molecular complexity index is 477. The molecule has 0 aliphatic rings. The Labute approximate surface area is 117 Å². The molecule has 2 unspecified atom stereocenters. The van der Waals surface area contributed by atoms with Gasteiger partial charge in [-0.25, -0.2) is 4.79 Å². The summed E-state index contributed by atoms with van der Waals surface area (Å²) in [5.41, 5.74) is 0. The van der Waals surface area contributed by atoms with Crippen LogP contribution in [0.2, 0.25) is 0 Å². The topological polar surface area (TPSA) is 99.8 Å². The SMILES string of the molecule is CC(O)C(NC(=O)c1ccc(CSC(F)F)o1)C(=O)O. The van der Waals surface area contributed by atoms with Gasteiger partial charge in [0.1, 0.15) is 5.76 Å². The smallest absolute Gasteiger partial charge is 0.328 e. The minimum atomic E-state index is -2.55. The van der Waals surface area contributed by atoms with Crippen LogP contribution in [0.25, 0.3) is 0 Å². The summed E-state index contributed by atoms with van der Waals surface area (Å²) < 4.78 is 29.0. The number of aliphatic carboxylic acids is 1. The van der Waals surface area contributed by atoms with Gasteiger partial charge in [-0.15, -0.1) is 0 Å². The molecule has 1 aromatic heterocycles. The number of carbonyl (C=O) groups is 2. The Morgan fingerprint density at radius 1 is 1.45 bits per heavy atom. The number of carboxylic acids is 1. The number of carbonyl (C=O) groups excluding carboxylic acids is 1. The first-order chi connectivity index (χ1) is 9.31. The molecule has 0 aliphatic heterocycles. The molecule has 2 atom stereocenters. The van der Waals surface area contributed by atoms with E-state index in [1.54, 1.807) is 0 Å². The van der Waals surface area contributed by atoms with E-state index >= 15 is 0 Å². The van der Waals surface area contributed by atoms with Crippen LogP contribution in [0.5, 0.6) is 0 Å². The lowest BCUT2D eigenvalue weighted by molar-refractivity contribution is -0.141. The Morgan fingerprint density at radius 2 is 2.10 bits per heavy atom. The molecular formula is C11H13F2NO5S. The molecule has 112 valence electrons. The summed E-state index contributed by atoms with van der Waals surface area (Å²) in [5.74, 6) is -4.93. The van der Waals surface area contributed by atoms with Gasteiger partial charge in [-0.2, -0.15) is 8.78 Å². The lowest BCUT2D eigenvalue weighted by Gasteiger charge is -2.15. The van der Waals surface area contributed by atoms with E-state index in [1.165, 1.54) is 19.1 Å². The molecule has 1 rings (SSSR count). The Balaban J connectivity index is 2.66. The highest BCUT2D eigenvalue weighted by atomic mass is 32.2. The number of hydrogen-bond donors (Lipinski definition) is 3. The lowest BCUT2D eigenvalue weighted by atomic mass is 10.2. The molecule has 0 spiro atoms. The van der Waals surface area contributed by atoms with Crippen molar-refractivity contribution in [1.82, 2.24) is 5.32 Å². The maximum atomic E-state index is 12.0. The van der Waals surface area contributed by atoms with Gasteiger partial charge >= 0.3 is 5.97 Å². The molecule has 0 fully saturated rings. The number of amides is 1. The van der Waals surface area contributed by atoms with Crippen molar-refractivity contribution < 1.29 is 33.0 Å². The third-order valence-corrected chi connectivity index (χ3v) is 2.98. The Hall–Kier alpha value is -1.61. The molecule has 0 saturated carbocycles. The number of halogens is 2. The van der Waals surface area contributed by atoms with Crippen molar-refractivity contribution in [2.75, 3.05) is 0 Å². The van der Waals surface area contributed by atoms with E-state index in [2.05, 4.69) is 5.32 Å². The van der Waals surface area contributed by atoms with E-state index in [0.717, 1.165) is 0 Å². The molecule has 9 heteroatoms. The van der Waals surface area contributed by atoms with Crippen molar-refractivity contribution in [3.63, 3.8) is 0 Å². The average Bonchev–Trinajstić information content (AvgIpc) is 2.81. The molecule has 0 radical (unpaired) electrons. The Kier molecular flexibility index (Phi) is 5.96. The minimum absolute atomic E-state index is 0.107. The fourth-order valence-corrected chi connectivity index (χ4v) is 1.77. The molecule has 1 aromatic rings. The summed E-state index contributed by atoms with van der Waals surface area (Å²) in [6.45, 7) is 1.21. The number of carboxylic acid groups (broad SMARTS) is 1. The summed E-state index contributed by atoms with van der Waals surface area (Å²) >= 11 is 0.340. The molecule has 0 aliphatic carbocycles. The number of aliphatic hydroxyl groups excluding tert-OH is 1. The normalized spacial score (nSPS) is 14.1. The van der Waals surface area contributed by atoms with Crippen LogP contribution in [0, 0.1) is 0 Å². The monoisotopic (exact) mass is 309 g/mol. The first-order valence-electron chi connectivity index (χ1n) is 5.51. The second kappa shape index (κ2) is 7.25. The highest BCUT2D eigenvalue weighted by Crippen LogP contribution is 2.21. The van der Waals surface area contributed by atoms with Crippen molar-refractivity contribution in [1.29, 1.82) is 0 Å². The van der Waals surface area contributed by atoms with Gasteiger partial charge in [0, 0.05) is 0 Å². The van der Waals surface area contributed by atoms with Crippen molar-refractivity contribution in [3.8, 4) is 0 Å². The highest BCUT2D eigenvalue weighted by Gasteiger charge is 2.26. The van der Waals surface area contributed by atoms with Crippen molar-refractivity contribution in [2.24, 2.45) is 0 Å². The summed E-state index contributed by atoms with van der Waals surface area (Å²) in [6, 6.07) is 1.12. The lowest BCUT2D eigenvalue weighted by Crippen LogP contribution is -2.47. The fourth-order valence-electron chi connectivity index (χ4n) is 1.32. The summed E-state index contributed by atoms with van der Waals surface area (Å²) in [6.07, 6.45) is -1.29. The van der Waals surface area contributed by atoms with Gasteiger partial charge in [0.25, 0.3) is 11.7 Å². The number of hydrogen-bond acceptors (Lipinski definition) is 5. The van der Waals surface area contributed by atoms with Gasteiger partial charge in [0.05, 0.1) is 11.9 Å². The molecule has 3 N–H and O–H groups in total. The van der Waals surface area contributed by atoms with Crippen LogP contribution in [0.1, 0.15) is 23.2 Å². The van der Waals surface area contributed by atoms with E-state index in [-0.39, 0.29) is 17.3 Å². The number of alkyl halides is 2. The van der Waals surface area contributed by atoms with Crippen LogP contribution in [0.4, 0.5) is 8.78 Å². The summed E-state index contributed by atoms with van der Waals surface area (Å²) in [4.78, 5) is 22.5. The number of thioether (sulfide) groups is 1. The van der Waals surface area contributed by atoms with E-state index in [1.807, 2.05) is 0 Å². The average molecular weight is 309 g/mol. The summed E-state index contributed by atoms with van der Waals surface area (Å²) in [5, 5.41) is 20.1. The van der Waals surface area contributed by atoms with Gasteiger partial charge in [-0.05, 0) is 19.1 Å². The third-order valence-electron chi connectivity index (χ3n) is 2.27. The second-order valence-corrected chi connectivity index (χ2v) is 4.85. The van der Waals surface area contributed by atoms with E-state index in [9.17, 15) is 23.5 Å². The van der Waals surface area contributed by atoms with Crippen LogP contribution in [0.3, 0.4) is 0 Å². The highest BCUT2D eigenvalue weighted by molar-refractivity contribution is 7.98. The molecule has 1 heterocycles. The van der Waals surface area contributed by atoms with E-state index in [0.29, 0.717) is 11.8 Å². The number of furan rings is 1. The van der Waals surface area contributed by atoms with E-state index < -0.39 is 29.8 Å². The zero-order chi connectivity index (χ0) is 15.3. The predicted octanol–water partition coefficient (Wildman–Crippen LogP) is 1.30. The van der Waals surface area contributed by atoms with Gasteiger partial charge in [-0.1, -0.05) is 11.8 Å². The molecule has 0 saturated heterocycles. The summed E-state index contributed by atoms with van der Waals surface area (Å²) in [7, 11) is 0. The van der Waals surface area contributed by atoms with Crippen molar-refractivity contribution in [2.45, 2.75) is 30.6 Å². The largest absolute Gasteiger partial charge is 0.480 e. The minimum Gasteiger partial charge on any atom is -0.480 e. The van der Waals surface area contributed by atoms with Gasteiger partial charge in [0.2, 0.25) is 0 Å². The standard InChI is InChI=1S/C11H13F2NO5S/c1-5(15)8(10(17)18)14-9(16)7-3-2-6(19-7)4-20-11(12)13/h2-3,5,8,11,15H,4H2,1H3,(H,14,16)(H,17,18). The molecule has 6 nitrogen and oxygen atoms in total. The van der Waals surface area contributed by atoms with Crippen molar-refractivity contribution >= 4 is 23.6 Å². The second-order valence-electron chi connectivity index (χ2n) is 3.87. The predicted molar refractivity (Wildman–Crippen MR) is 66.6 cm³/mol. The zero-order valence-electron chi connectivity index (χ0n) is 10.4. The van der Waals surface area contributed by atoms with Crippen LogP contribution in [0.15, 0.2) is 16.5 Å². The molecular weight excluding hydrogens is 296 g/mol. The third kappa shape index (κ3) is 4.82. The van der Waals surface area contributed by atoms with Gasteiger partial charge in [-0.3, -0.25) is 4.79 Å². The molecule has 0 aromatic carbocycles. The maximum Gasteiger partial charge on any atom is 0.328 e. The molecule has 0 bridgehead atoms. The fraction of sp³-hybridized carbons (Fsp3) is 0.455. The van der Waals surface area contributed by atoms with Gasteiger partial charge < -0.3 is 19.9 Å². The quantitative estimate of drug-likeness (QED) is 0.702.